The molecule has 3 heterocycles. The van der Waals surface area contributed by atoms with Crippen LogP contribution < -0.4 is 11.1 Å². The highest BCUT2D eigenvalue weighted by atomic mass is 32.1. The number of nitrogen functional groups attached to an aromatic ring is 1. The number of fused-ring (bicyclic) bond motifs is 1. The summed E-state index contributed by atoms with van der Waals surface area (Å²) in [6.45, 7) is 2.20. The summed E-state index contributed by atoms with van der Waals surface area (Å²) in [6.07, 6.45) is 3.87. The summed E-state index contributed by atoms with van der Waals surface area (Å²) in [5, 5.41) is 3.80. The van der Waals surface area contributed by atoms with Crippen molar-refractivity contribution in [1.29, 1.82) is 0 Å². The second-order valence-electron chi connectivity index (χ2n) is 4.99. The number of hydrogen-bond acceptors (Lipinski definition) is 5. The van der Waals surface area contributed by atoms with Gasteiger partial charge in [0.05, 0.1) is 12.3 Å². The maximum absolute atomic E-state index is 12.2. The van der Waals surface area contributed by atoms with E-state index in [2.05, 4.69) is 10.3 Å². The van der Waals surface area contributed by atoms with E-state index in [0.717, 1.165) is 36.3 Å². The Kier molecular flexibility index (Phi) is 3.84. The second kappa shape index (κ2) is 5.76. The predicted octanol–water partition coefficient (Wildman–Crippen LogP) is 2.03. The molecular formula is C14H17N3O2S. The summed E-state index contributed by atoms with van der Waals surface area (Å²) in [5.74, 6) is 0.289. The van der Waals surface area contributed by atoms with Crippen LogP contribution in [0.25, 0.3) is 10.2 Å². The molecule has 20 heavy (non-hydrogen) atoms. The highest BCUT2D eigenvalue weighted by Crippen LogP contribution is 2.31. The van der Waals surface area contributed by atoms with E-state index in [1.54, 1.807) is 6.20 Å². The Hall–Kier alpha value is -1.66. The molecule has 1 fully saturated rings. The maximum atomic E-state index is 12.2. The minimum absolute atomic E-state index is 0.115. The van der Waals surface area contributed by atoms with Gasteiger partial charge >= 0.3 is 0 Å². The second-order valence-corrected chi connectivity index (χ2v) is 5.99. The van der Waals surface area contributed by atoms with E-state index in [1.807, 2.05) is 12.1 Å². The van der Waals surface area contributed by atoms with E-state index in [-0.39, 0.29) is 5.91 Å². The average molecular weight is 291 g/mol. The molecule has 106 valence electrons. The molecule has 0 saturated carbocycles. The summed E-state index contributed by atoms with van der Waals surface area (Å²) in [7, 11) is 0. The van der Waals surface area contributed by atoms with Crippen molar-refractivity contribution in [3.63, 3.8) is 0 Å². The molecule has 2 aromatic rings. The summed E-state index contributed by atoms with van der Waals surface area (Å²) in [4.78, 5) is 17.8. The molecule has 1 saturated heterocycles. The Balaban J connectivity index is 1.70. The van der Waals surface area contributed by atoms with Gasteiger partial charge in [0.1, 0.15) is 9.71 Å². The molecule has 3 N–H and O–H groups in total. The van der Waals surface area contributed by atoms with Crippen LogP contribution in [0.2, 0.25) is 0 Å². The smallest absolute Gasteiger partial charge is 0.263 e. The van der Waals surface area contributed by atoms with Crippen LogP contribution in [-0.2, 0) is 4.74 Å². The molecular weight excluding hydrogens is 274 g/mol. The van der Waals surface area contributed by atoms with E-state index in [4.69, 9.17) is 10.5 Å². The monoisotopic (exact) mass is 291 g/mol. The van der Waals surface area contributed by atoms with E-state index in [1.165, 1.54) is 11.3 Å². The van der Waals surface area contributed by atoms with Crippen LogP contribution in [0.15, 0.2) is 18.3 Å². The highest BCUT2D eigenvalue weighted by molar-refractivity contribution is 7.21. The Bertz CT molecular complexity index is 620. The van der Waals surface area contributed by atoms with Crippen molar-refractivity contribution < 1.29 is 9.53 Å². The Morgan fingerprint density at radius 2 is 2.50 bits per heavy atom. The molecule has 2 aromatic heterocycles. The van der Waals surface area contributed by atoms with Crippen molar-refractivity contribution >= 4 is 33.1 Å². The highest BCUT2D eigenvalue weighted by Gasteiger charge is 2.19. The minimum Gasteiger partial charge on any atom is -0.397 e. The summed E-state index contributed by atoms with van der Waals surface area (Å²) >= 11 is 1.34. The molecule has 1 aliphatic heterocycles. The normalized spacial score (nSPS) is 19.1. The number of amides is 1. The van der Waals surface area contributed by atoms with Crippen LogP contribution in [0.1, 0.15) is 22.5 Å². The third-order valence-electron chi connectivity index (χ3n) is 3.52. The van der Waals surface area contributed by atoms with Gasteiger partial charge in [0.15, 0.2) is 0 Å². The van der Waals surface area contributed by atoms with Gasteiger partial charge in [-0.2, -0.15) is 0 Å². The first-order valence-corrected chi connectivity index (χ1v) is 7.56. The van der Waals surface area contributed by atoms with Crippen molar-refractivity contribution in [3.05, 3.63) is 23.2 Å². The molecule has 6 heteroatoms. The van der Waals surface area contributed by atoms with Crippen LogP contribution in [0.5, 0.6) is 0 Å². The quantitative estimate of drug-likeness (QED) is 0.907. The zero-order valence-corrected chi connectivity index (χ0v) is 11.9. The van der Waals surface area contributed by atoms with Gasteiger partial charge in [-0.3, -0.25) is 4.79 Å². The van der Waals surface area contributed by atoms with Crippen LogP contribution in [0.4, 0.5) is 5.69 Å². The third kappa shape index (κ3) is 2.62. The van der Waals surface area contributed by atoms with Crippen molar-refractivity contribution in [3.8, 4) is 0 Å². The topological polar surface area (TPSA) is 77.2 Å². The summed E-state index contributed by atoms with van der Waals surface area (Å²) in [5.41, 5.74) is 6.56. The van der Waals surface area contributed by atoms with Gasteiger partial charge in [-0.1, -0.05) is 0 Å². The fraction of sp³-hybridized carbons (Fsp3) is 0.429. The Morgan fingerprint density at radius 1 is 1.60 bits per heavy atom. The SMILES string of the molecule is Nc1c(C(=O)NCC2CCCOC2)sc2ncccc12. The van der Waals surface area contributed by atoms with Crippen LogP contribution in [-0.4, -0.2) is 30.6 Å². The third-order valence-corrected chi connectivity index (χ3v) is 4.64. The molecule has 5 nitrogen and oxygen atoms in total. The number of ether oxygens (including phenoxy) is 1. The van der Waals surface area contributed by atoms with E-state index in [0.29, 0.717) is 23.0 Å². The number of nitrogens with one attached hydrogen (secondary N) is 1. The van der Waals surface area contributed by atoms with Gasteiger partial charge in [0, 0.05) is 24.7 Å². The van der Waals surface area contributed by atoms with E-state index >= 15 is 0 Å². The number of thiophene rings is 1. The molecule has 1 atom stereocenters. The zero-order valence-electron chi connectivity index (χ0n) is 11.1. The fourth-order valence-electron chi connectivity index (χ4n) is 2.41. The number of carbonyl (C=O) groups is 1. The first-order valence-electron chi connectivity index (χ1n) is 6.74. The average Bonchev–Trinajstić information content (AvgIpc) is 2.84. The zero-order chi connectivity index (χ0) is 13.9. The number of nitrogens with two attached hydrogens (primary N) is 1. The lowest BCUT2D eigenvalue weighted by Gasteiger charge is -2.22. The maximum Gasteiger partial charge on any atom is 0.263 e. The minimum atomic E-state index is -0.115. The Labute approximate surface area is 121 Å². The van der Waals surface area contributed by atoms with Crippen molar-refractivity contribution in [2.24, 2.45) is 5.92 Å². The molecule has 1 amide bonds. The number of hydrogen-bond donors (Lipinski definition) is 2. The molecule has 0 radical (unpaired) electrons. The molecule has 1 unspecified atom stereocenters. The lowest BCUT2D eigenvalue weighted by Crippen LogP contribution is -2.33. The fourth-order valence-corrected chi connectivity index (χ4v) is 3.39. The number of aromatic nitrogens is 1. The lowest BCUT2D eigenvalue weighted by atomic mass is 10.0. The van der Waals surface area contributed by atoms with Gasteiger partial charge in [-0.25, -0.2) is 4.98 Å². The van der Waals surface area contributed by atoms with Crippen molar-refractivity contribution in [2.45, 2.75) is 12.8 Å². The van der Waals surface area contributed by atoms with Crippen molar-refractivity contribution in [1.82, 2.24) is 10.3 Å². The number of rotatable bonds is 3. The Morgan fingerprint density at radius 3 is 3.25 bits per heavy atom. The van der Waals surface area contributed by atoms with Crippen LogP contribution in [0.3, 0.4) is 0 Å². The van der Waals surface area contributed by atoms with Crippen molar-refractivity contribution in [2.75, 3.05) is 25.5 Å². The van der Waals surface area contributed by atoms with E-state index < -0.39 is 0 Å². The number of pyridine rings is 1. The van der Waals surface area contributed by atoms with Gasteiger partial charge in [-0.15, -0.1) is 11.3 Å². The molecule has 0 aliphatic carbocycles. The standard InChI is InChI=1S/C14H17N3O2S/c15-11-10-4-1-5-16-14(10)20-12(11)13(18)17-7-9-3-2-6-19-8-9/h1,4-5,9H,2-3,6-8,15H2,(H,17,18). The van der Waals surface area contributed by atoms with Crippen LogP contribution >= 0.6 is 11.3 Å². The lowest BCUT2D eigenvalue weighted by molar-refractivity contribution is 0.0537. The molecule has 3 rings (SSSR count). The molecule has 1 aliphatic rings. The molecule has 0 aromatic carbocycles. The molecule has 0 spiro atoms. The largest absolute Gasteiger partial charge is 0.397 e. The van der Waals surface area contributed by atoms with E-state index in [9.17, 15) is 4.79 Å². The number of carbonyl (C=O) groups excluding carboxylic acids is 1. The van der Waals surface area contributed by atoms with Crippen LogP contribution in [0, 0.1) is 5.92 Å². The summed E-state index contributed by atoms with van der Waals surface area (Å²) in [6, 6.07) is 3.71. The summed E-state index contributed by atoms with van der Waals surface area (Å²) < 4.78 is 5.41. The first kappa shape index (κ1) is 13.3. The predicted molar refractivity (Wildman–Crippen MR) is 79.9 cm³/mol. The van der Waals surface area contributed by atoms with Gasteiger partial charge in [-0.05, 0) is 30.9 Å². The van der Waals surface area contributed by atoms with Gasteiger partial charge < -0.3 is 15.8 Å². The molecule has 0 bridgehead atoms. The number of nitrogens with zero attached hydrogens (tertiary/aromatic N) is 1. The first-order chi connectivity index (χ1) is 9.75. The number of anilines is 1. The van der Waals surface area contributed by atoms with Gasteiger partial charge in [0.2, 0.25) is 0 Å². The van der Waals surface area contributed by atoms with Gasteiger partial charge in [0.25, 0.3) is 5.91 Å².